The minimum atomic E-state index is -0.0288. The Hall–Kier alpha value is -0.720. The molecule has 0 bridgehead atoms. The third kappa shape index (κ3) is 3.22. The zero-order valence-corrected chi connectivity index (χ0v) is 14.5. The van der Waals surface area contributed by atoms with Gasteiger partial charge in [-0.2, -0.15) is 0 Å². The summed E-state index contributed by atoms with van der Waals surface area (Å²) in [5.74, 6) is 2.26. The van der Waals surface area contributed by atoms with Crippen molar-refractivity contribution in [2.75, 3.05) is 32.1 Å². The van der Waals surface area contributed by atoms with E-state index in [1.165, 1.54) is 12.8 Å². The molecule has 116 valence electrons. The fourth-order valence-corrected chi connectivity index (χ4v) is 3.41. The third-order valence-corrected chi connectivity index (χ3v) is 4.99. The smallest absolute Gasteiger partial charge is 0.161 e. The summed E-state index contributed by atoms with van der Waals surface area (Å²) in [5.41, 5.74) is 1.13. The molecule has 1 aromatic rings. The summed E-state index contributed by atoms with van der Waals surface area (Å²) in [6.07, 6.45) is 2.42. The number of nitrogens with zero attached hydrogens (tertiary/aromatic N) is 3. The van der Waals surface area contributed by atoms with Crippen molar-refractivity contribution in [3.05, 3.63) is 16.0 Å². The number of aromatic nitrogens is 2. The number of halogens is 1. The first-order chi connectivity index (χ1) is 10.1. The van der Waals surface area contributed by atoms with Gasteiger partial charge in [-0.3, -0.25) is 4.90 Å². The molecule has 1 unspecified atom stereocenters. The fraction of sp³-hybridized carbons (Fsp3) is 0.733. The van der Waals surface area contributed by atoms with Gasteiger partial charge in [0.15, 0.2) is 5.82 Å². The van der Waals surface area contributed by atoms with Crippen LogP contribution < -0.4 is 5.32 Å². The Bertz CT molecular complexity index is 519. The highest BCUT2D eigenvalue weighted by atomic mass is 79.9. The van der Waals surface area contributed by atoms with Crippen LogP contribution in [0.1, 0.15) is 50.2 Å². The standard InChI is InChI=1S/C15H23BrN4O/c1-9(2)20-6-7-21-11(8-20)14-18-13(10-4-5-10)12(16)15(17-3)19-14/h9-11H,4-8H2,1-3H3,(H,17,18,19). The second-order valence-electron chi connectivity index (χ2n) is 6.10. The first kappa shape index (κ1) is 15.2. The lowest BCUT2D eigenvalue weighted by Crippen LogP contribution is -2.42. The molecule has 1 atom stereocenters. The van der Waals surface area contributed by atoms with Gasteiger partial charge >= 0.3 is 0 Å². The Balaban J connectivity index is 1.88. The zero-order valence-electron chi connectivity index (χ0n) is 12.9. The van der Waals surface area contributed by atoms with Gasteiger partial charge < -0.3 is 10.1 Å². The maximum absolute atomic E-state index is 5.93. The van der Waals surface area contributed by atoms with Crippen molar-refractivity contribution in [3.8, 4) is 0 Å². The van der Waals surface area contributed by atoms with E-state index in [4.69, 9.17) is 9.72 Å². The summed E-state index contributed by atoms with van der Waals surface area (Å²) < 4.78 is 6.94. The van der Waals surface area contributed by atoms with E-state index >= 15 is 0 Å². The van der Waals surface area contributed by atoms with Gasteiger partial charge in [0.2, 0.25) is 0 Å². The summed E-state index contributed by atoms with van der Waals surface area (Å²) in [4.78, 5) is 11.9. The van der Waals surface area contributed by atoms with Crippen molar-refractivity contribution in [1.82, 2.24) is 14.9 Å². The third-order valence-electron chi connectivity index (χ3n) is 4.21. The van der Waals surface area contributed by atoms with E-state index in [0.717, 1.165) is 41.5 Å². The van der Waals surface area contributed by atoms with Gasteiger partial charge in [0, 0.05) is 32.1 Å². The SMILES string of the molecule is CNc1nc(C2CN(C(C)C)CCO2)nc(C2CC2)c1Br. The molecule has 3 rings (SSSR count). The number of anilines is 1. The highest BCUT2D eigenvalue weighted by Crippen LogP contribution is 2.44. The number of nitrogens with one attached hydrogen (secondary N) is 1. The van der Waals surface area contributed by atoms with Gasteiger partial charge in [-0.1, -0.05) is 0 Å². The maximum atomic E-state index is 5.93. The number of rotatable bonds is 4. The minimum Gasteiger partial charge on any atom is -0.372 e. The van der Waals surface area contributed by atoms with E-state index in [2.05, 4.69) is 45.0 Å². The van der Waals surface area contributed by atoms with Crippen molar-refractivity contribution in [2.24, 2.45) is 0 Å². The van der Waals surface area contributed by atoms with Gasteiger partial charge in [0.1, 0.15) is 11.9 Å². The Morgan fingerprint density at radius 2 is 2.10 bits per heavy atom. The highest BCUT2D eigenvalue weighted by Gasteiger charge is 2.32. The molecule has 1 saturated heterocycles. The monoisotopic (exact) mass is 354 g/mol. The molecule has 0 amide bonds. The average molecular weight is 355 g/mol. The van der Waals surface area contributed by atoms with Crippen molar-refractivity contribution < 1.29 is 4.74 Å². The van der Waals surface area contributed by atoms with Gasteiger partial charge in [-0.25, -0.2) is 9.97 Å². The molecule has 2 fully saturated rings. The Kier molecular flexibility index (Phi) is 4.47. The summed E-state index contributed by atoms with van der Waals surface area (Å²) in [5, 5.41) is 3.16. The lowest BCUT2D eigenvalue weighted by Gasteiger charge is -2.35. The summed E-state index contributed by atoms with van der Waals surface area (Å²) in [7, 11) is 1.90. The van der Waals surface area contributed by atoms with Crippen LogP contribution in [0, 0.1) is 0 Å². The molecule has 1 aromatic heterocycles. The average Bonchev–Trinajstić information content (AvgIpc) is 3.32. The predicted molar refractivity (Wildman–Crippen MR) is 86.7 cm³/mol. The van der Waals surface area contributed by atoms with E-state index in [1.54, 1.807) is 0 Å². The molecule has 2 heterocycles. The van der Waals surface area contributed by atoms with E-state index in [-0.39, 0.29) is 6.10 Å². The van der Waals surface area contributed by atoms with Crippen LogP contribution in [0.4, 0.5) is 5.82 Å². The van der Waals surface area contributed by atoms with Crippen LogP contribution in [0.3, 0.4) is 0 Å². The Morgan fingerprint density at radius 3 is 2.71 bits per heavy atom. The normalized spacial score (nSPS) is 23.6. The fourth-order valence-electron chi connectivity index (χ4n) is 2.71. The maximum Gasteiger partial charge on any atom is 0.161 e. The largest absolute Gasteiger partial charge is 0.372 e. The van der Waals surface area contributed by atoms with Crippen molar-refractivity contribution >= 4 is 21.7 Å². The van der Waals surface area contributed by atoms with Gasteiger partial charge in [-0.05, 0) is 42.6 Å². The summed E-state index contributed by atoms with van der Waals surface area (Å²) >= 11 is 3.64. The first-order valence-corrected chi connectivity index (χ1v) is 8.50. The molecule has 5 nitrogen and oxygen atoms in total. The van der Waals surface area contributed by atoms with Crippen LogP contribution in [0.25, 0.3) is 0 Å². The molecule has 1 aliphatic carbocycles. The van der Waals surface area contributed by atoms with Gasteiger partial charge in [0.05, 0.1) is 16.8 Å². The van der Waals surface area contributed by atoms with Crippen LogP contribution in [-0.2, 0) is 4.74 Å². The molecular weight excluding hydrogens is 332 g/mol. The highest BCUT2D eigenvalue weighted by molar-refractivity contribution is 9.10. The lowest BCUT2D eigenvalue weighted by molar-refractivity contribution is -0.0443. The van der Waals surface area contributed by atoms with Gasteiger partial charge in [0.25, 0.3) is 0 Å². The van der Waals surface area contributed by atoms with E-state index < -0.39 is 0 Å². The molecule has 21 heavy (non-hydrogen) atoms. The molecule has 1 saturated carbocycles. The lowest BCUT2D eigenvalue weighted by atomic mass is 10.2. The molecule has 0 spiro atoms. The molecule has 6 heteroatoms. The van der Waals surface area contributed by atoms with E-state index in [0.29, 0.717) is 12.0 Å². The van der Waals surface area contributed by atoms with Crippen LogP contribution in [0.2, 0.25) is 0 Å². The first-order valence-electron chi connectivity index (χ1n) is 7.71. The van der Waals surface area contributed by atoms with Crippen molar-refractivity contribution in [2.45, 2.75) is 44.8 Å². The molecule has 1 N–H and O–H groups in total. The summed E-state index contributed by atoms with van der Waals surface area (Å²) in [6.45, 7) is 7.04. The molecule has 2 aliphatic rings. The van der Waals surface area contributed by atoms with Crippen LogP contribution in [-0.4, -0.2) is 47.7 Å². The number of hydrogen-bond donors (Lipinski definition) is 1. The molecule has 0 radical (unpaired) electrons. The molecule has 1 aliphatic heterocycles. The van der Waals surface area contributed by atoms with Crippen LogP contribution in [0.15, 0.2) is 4.47 Å². The Morgan fingerprint density at radius 1 is 1.33 bits per heavy atom. The zero-order chi connectivity index (χ0) is 15.0. The van der Waals surface area contributed by atoms with Crippen LogP contribution in [0.5, 0.6) is 0 Å². The predicted octanol–water partition coefficient (Wildman–Crippen LogP) is 2.94. The number of ether oxygens (including phenoxy) is 1. The number of morpholine rings is 1. The van der Waals surface area contributed by atoms with Crippen molar-refractivity contribution in [1.29, 1.82) is 0 Å². The Labute approximate surface area is 134 Å². The van der Waals surface area contributed by atoms with Crippen molar-refractivity contribution in [3.63, 3.8) is 0 Å². The van der Waals surface area contributed by atoms with Gasteiger partial charge in [-0.15, -0.1) is 0 Å². The second kappa shape index (κ2) is 6.18. The topological polar surface area (TPSA) is 50.3 Å². The number of hydrogen-bond acceptors (Lipinski definition) is 5. The van der Waals surface area contributed by atoms with E-state index in [1.807, 2.05) is 7.05 Å². The van der Waals surface area contributed by atoms with E-state index in [9.17, 15) is 0 Å². The molecule has 0 aromatic carbocycles. The molecular formula is C15H23BrN4O. The van der Waals surface area contributed by atoms with Crippen LogP contribution >= 0.6 is 15.9 Å². The minimum absolute atomic E-state index is 0.0288. The summed E-state index contributed by atoms with van der Waals surface area (Å²) in [6, 6.07) is 0.526. The quantitative estimate of drug-likeness (QED) is 0.900. The second-order valence-corrected chi connectivity index (χ2v) is 6.90.